The molecule has 0 radical (unpaired) electrons. The number of halogens is 2. The zero-order valence-corrected chi connectivity index (χ0v) is 12.5. The Morgan fingerprint density at radius 3 is 2.78 bits per heavy atom. The van der Waals surface area contributed by atoms with Crippen LogP contribution in [0, 0.1) is 11.7 Å². The molecule has 0 aromatic heterocycles. The monoisotopic (exact) mass is 313 g/mol. The smallest absolute Gasteiger partial charge is 0.123 e. The molecule has 1 nitrogen and oxygen atoms in total. The van der Waals surface area contributed by atoms with Gasteiger partial charge in [0.1, 0.15) is 5.82 Å². The van der Waals surface area contributed by atoms with E-state index in [1.165, 1.54) is 38.2 Å². The Kier molecular flexibility index (Phi) is 5.19. The van der Waals surface area contributed by atoms with Crippen LogP contribution in [0.1, 0.15) is 50.1 Å². The zero-order chi connectivity index (χ0) is 13.0. The molecule has 0 amide bonds. The van der Waals surface area contributed by atoms with Gasteiger partial charge in [-0.15, -0.1) is 0 Å². The summed E-state index contributed by atoms with van der Waals surface area (Å²) in [5.74, 6) is 0.725. The van der Waals surface area contributed by atoms with Gasteiger partial charge in [-0.3, -0.25) is 0 Å². The van der Waals surface area contributed by atoms with E-state index >= 15 is 0 Å². The fourth-order valence-electron chi connectivity index (χ4n) is 2.94. The quantitative estimate of drug-likeness (QED) is 0.821. The second-order valence-electron chi connectivity index (χ2n) is 5.23. The molecule has 1 unspecified atom stereocenters. The Morgan fingerprint density at radius 1 is 1.39 bits per heavy atom. The van der Waals surface area contributed by atoms with Gasteiger partial charge in [0.15, 0.2) is 0 Å². The van der Waals surface area contributed by atoms with E-state index < -0.39 is 0 Å². The summed E-state index contributed by atoms with van der Waals surface area (Å²) in [7, 11) is 1.96. The second kappa shape index (κ2) is 6.67. The van der Waals surface area contributed by atoms with Gasteiger partial charge in [-0.25, -0.2) is 4.39 Å². The molecule has 1 aromatic carbocycles. The minimum atomic E-state index is -0.158. The zero-order valence-electron chi connectivity index (χ0n) is 10.9. The van der Waals surface area contributed by atoms with Crippen molar-refractivity contribution in [1.82, 2.24) is 5.32 Å². The molecule has 0 spiro atoms. The predicted octanol–water partition coefficient (Wildman–Crippen LogP) is 4.82. The molecule has 0 heterocycles. The van der Waals surface area contributed by atoms with Gasteiger partial charge in [0.05, 0.1) is 0 Å². The van der Waals surface area contributed by atoms with E-state index in [-0.39, 0.29) is 11.9 Å². The Hall–Kier alpha value is -0.410. The number of hydrogen-bond donors (Lipinski definition) is 1. The van der Waals surface area contributed by atoms with Gasteiger partial charge < -0.3 is 5.32 Å². The predicted molar refractivity (Wildman–Crippen MR) is 77.1 cm³/mol. The van der Waals surface area contributed by atoms with Crippen molar-refractivity contribution in [1.29, 1.82) is 0 Å². The first-order valence-corrected chi connectivity index (χ1v) is 7.62. The molecule has 2 rings (SSSR count). The fourth-order valence-corrected chi connectivity index (χ4v) is 3.46. The second-order valence-corrected chi connectivity index (χ2v) is 6.09. The Balaban J connectivity index is 2.00. The third kappa shape index (κ3) is 3.55. The van der Waals surface area contributed by atoms with Gasteiger partial charge in [-0.1, -0.05) is 41.6 Å². The van der Waals surface area contributed by atoms with Crippen molar-refractivity contribution < 1.29 is 4.39 Å². The normalized spacial score (nSPS) is 18.2. The van der Waals surface area contributed by atoms with Gasteiger partial charge in [0.25, 0.3) is 0 Å². The van der Waals surface area contributed by atoms with E-state index in [0.717, 1.165) is 22.4 Å². The van der Waals surface area contributed by atoms with Crippen LogP contribution < -0.4 is 5.32 Å². The van der Waals surface area contributed by atoms with Crippen LogP contribution >= 0.6 is 15.9 Å². The van der Waals surface area contributed by atoms with Crippen LogP contribution in [0.25, 0.3) is 0 Å². The molecule has 1 aliphatic rings. The molecule has 1 N–H and O–H groups in total. The minimum Gasteiger partial charge on any atom is -0.313 e. The molecule has 0 saturated heterocycles. The van der Waals surface area contributed by atoms with E-state index in [0.29, 0.717) is 0 Å². The third-order valence-electron chi connectivity index (χ3n) is 4.02. The molecule has 1 saturated carbocycles. The molecule has 1 aliphatic carbocycles. The summed E-state index contributed by atoms with van der Waals surface area (Å²) in [4.78, 5) is 0. The van der Waals surface area contributed by atoms with Gasteiger partial charge in [-0.2, -0.15) is 0 Å². The molecular formula is C15H21BrFN. The SMILES string of the molecule is CNC(CCC1CCCC1)c1cc(F)ccc1Br. The lowest BCUT2D eigenvalue weighted by Gasteiger charge is -2.20. The first-order valence-electron chi connectivity index (χ1n) is 6.83. The van der Waals surface area contributed by atoms with Crippen LogP contribution in [0.3, 0.4) is 0 Å². The van der Waals surface area contributed by atoms with E-state index in [4.69, 9.17) is 0 Å². The van der Waals surface area contributed by atoms with E-state index in [2.05, 4.69) is 21.2 Å². The number of rotatable bonds is 5. The maximum atomic E-state index is 13.3. The highest BCUT2D eigenvalue weighted by Gasteiger charge is 2.19. The average Bonchev–Trinajstić information content (AvgIpc) is 2.87. The molecule has 3 heteroatoms. The van der Waals surface area contributed by atoms with Gasteiger partial charge in [-0.05, 0) is 49.6 Å². The molecule has 1 aromatic rings. The highest BCUT2D eigenvalue weighted by Crippen LogP contribution is 2.33. The fraction of sp³-hybridized carbons (Fsp3) is 0.600. The van der Waals surface area contributed by atoms with Crippen LogP contribution in [-0.2, 0) is 0 Å². The molecule has 18 heavy (non-hydrogen) atoms. The molecular weight excluding hydrogens is 293 g/mol. The average molecular weight is 314 g/mol. The topological polar surface area (TPSA) is 12.0 Å². The molecule has 0 bridgehead atoms. The number of benzene rings is 1. The van der Waals surface area contributed by atoms with Crippen molar-refractivity contribution in [3.8, 4) is 0 Å². The summed E-state index contributed by atoms with van der Waals surface area (Å²) < 4.78 is 14.3. The van der Waals surface area contributed by atoms with Crippen molar-refractivity contribution in [2.24, 2.45) is 5.92 Å². The lowest BCUT2D eigenvalue weighted by atomic mass is 9.95. The lowest BCUT2D eigenvalue weighted by molar-refractivity contribution is 0.426. The van der Waals surface area contributed by atoms with Crippen LogP contribution in [0.15, 0.2) is 22.7 Å². The summed E-state index contributed by atoms with van der Waals surface area (Å²) in [6.07, 6.45) is 7.86. The first-order chi connectivity index (χ1) is 8.70. The van der Waals surface area contributed by atoms with Crippen LogP contribution in [0.4, 0.5) is 4.39 Å². The third-order valence-corrected chi connectivity index (χ3v) is 4.74. The summed E-state index contributed by atoms with van der Waals surface area (Å²) in [6.45, 7) is 0. The number of hydrogen-bond acceptors (Lipinski definition) is 1. The maximum Gasteiger partial charge on any atom is 0.123 e. The number of nitrogens with one attached hydrogen (secondary N) is 1. The van der Waals surface area contributed by atoms with Gasteiger partial charge in [0, 0.05) is 10.5 Å². The Labute approximate surface area is 117 Å². The summed E-state index contributed by atoms with van der Waals surface area (Å²) >= 11 is 3.52. The van der Waals surface area contributed by atoms with Crippen molar-refractivity contribution >= 4 is 15.9 Å². The minimum absolute atomic E-state index is 0.158. The molecule has 1 fully saturated rings. The Bertz CT molecular complexity index is 388. The Morgan fingerprint density at radius 2 is 2.11 bits per heavy atom. The van der Waals surface area contributed by atoms with Gasteiger partial charge >= 0.3 is 0 Å². The van der Waals surface area contributed by atoms with Crippen molar-refractivity contribution in [3.05, 3.63) is 34.1 Å². The van der Waals surface area contributed by atoms with Crippen molar-refractivity contribution in [2.75, 3.05) is 7.05 Å². The van der Waals surface area contributed by atoms with Crippen molar-refractivity contribution in [3.63, 3.8) is 0 Å². The van der Waals surface area contributed by atoms with Crippen LogP contribution in [0.2, 0.25) is 0 Å². The maximum absolute atomic E-state index is 13.3. The summed E-state index contributed by atoms with van der Waals surface area (Å²) in [6, 6.07) is 5.18. The van der Waals surface area contributed by atoms with E-state index in [1.807, 2.05) is 7.05 Å². The van der Waals surface area contributed by atoms with Gasteiger partial charge in [0.2, 0.25) is 0 Å². The van der Waals surface area contributed by atoms with Crippen LogP contribution in [-0.4, -0.2) is 7.05 Å². The summed E-state index contributed by atoms with van der Waals surface area (Å²) in [5, 5.41) is 3.31. The molecule has 100 valence electrons. The summed E-state index contributed by atoms with van der Waals surface area (Å²) in [5.41, 5.74) is 1.04. The highest BCUT2D eigenvalue weighted by atomic mass is 79.9. The molecule has 1 atom stereocenters. The molecule has 0 aliphatic heterocycles. The van der Waals surface area contributed by atoms with E-state index in [1.54, 1.807) is 12.1 Å². The lowest BCUT2D eigenvalue weighted by Crippen LogP contribution is -2.18. The van der Waals surface area contributed by atoms with Crippen LogP contribution in [0.5, 0.6) is 0 Å². The first kappa shape index (κ1) is 14.0. The van der Waals surface area contributed by atoms with E-state index in [9.17, 15) is 4.39 Å². The standard InChI is InChI=1S/C15H21BrFN/c1-18-15(9-6-11-4-2-3-5-11)13-10-12(17)7-8-14(13)16/h7-8,10-11,15,18H,2-6,9H2,1H3. The van der Waals surface area contributed by atoms with Crippen molar-refractivity contribution in [2.45, 2.75) is 44.6 Å². The highest BCUT2D eigenvalue weighted by molar-refractivity contribution is 9.10. The largest absolute Gasteiger partial charge is 0.313 e.